The number of aromatic nitrogens is 5. The number of anilines is 1. The van der Waals surface area contributed by atoms with Crippen molar-refractivity contribution < 1.29 is 4.79 Å². The normalized spacial score (nSPS) is 19.7. The number of rotatable bonds is 2. The summed E-state index contributed by atoms with van der Waals surface area (Å²) in [5.41, 5.74) is 0. The maximum absolute atomic E-state index is 12.8. The molecular weight excluding hydrogens is 376 g/mol. The number of amides is 2. The topological polar surface area (TPSA) is 92.1 Å². The summed E-state index contributed by atoms with van der Waals surface area (Å²) in [5, 5.41) is 8.46. The van der Waals surface area contributed by atoms with Crippen LogP contribution >= 0.6 is 11.3 Å². The van der Waals surface area contributed by atoms with E-state index < -0.39 is 0 Å². The molecule has 28 heavy (non-hydrogen) atoms. The lowest BCUT2D eigenvalue weighted by Gasteiger charge is -2.36. The van der Waals surface area contributed by atoms with Crippen molar-refractivity contribution in [1.29, 1.82) is 0 Å². The second-order valence-electron chi connectivity index (χ2n) is 7.23. The fourth-order valence-corrected chi connectivity index (χ4v) is 4.85. The van der Waals surface area contributed by atoms with Crippen LogP contribution in [0.4, 0.5) is 10.6 Å². The minimum atomic E-state index is -0.0583. The van der Waals surface area contributed by atoms with Crippen molar-refractivity contribution in [2.24, 2.45) is 0 Å². The summed E-state index contributed by atoms with van der Waals surface area (Å²) < 4.78 is 1.88. The van der Waals surface area contributed by atoms with Crippen LogP contribution in [-0.4, -0.2) is 61.8 Å². The Balaban J connectivity index is 1.24. The first-order valence-electron chi connectivity index (χ1n) is 9.58. The highest BCUT2D eigenvalue weighted by atomic mass is 32.1. The summed E-state index contributed by atoms with van der Waals surface area (Å²) in [6.45, 7) is 5.81. The SMILES string of the molecule is Cc1cc2c(N3CCN(C(=O)NC4CCCn5ncnc54)CC3)ncnc2s1. The maximum atomic E-state index is 12.8. The Morgan fingerprint density at radius 2 is 2.00 bits per heavy atom. The molecule has 10 heteroatoms. The van der Waals surface area contributed by atoms with Crippen molar-refractivity contribution in [3.05, 3.63) is 29.4 Å². The van der Waals surface area contributed by atoms with E-state index in [1.807, 2.05) is 9.58 Å². The van der Waals surface area contributed by atoms with E-state index in [0.29, 0.717) is 13.1 Å². The molecule has 0 radical (unpaired) electrons. The van der Waals surface area contributed by atoms with Gasteiger partial charge in [-0.15, -0.1) is 11.3 Å². The van der Waals surface area contributed by atoms with Gasteiger partial charge in [-0.1, -0.05) is 0 Å². The molecule has 3 aromatic heterocycles. The van der Waals surface area contributed by atoms with Crippen molar-refractivity contribution in [2.45, 2.75) is 32.4 Å². The van der Waals surface area contributed by atoms with E-state index in [1.165, 1.54) is 4.88 Å². The highest BCUT2D eigenvalue weighted by Gasteiger charge is 2.28. The Kier molecular flexibility index (Phi) is 4.34. The van der Waals surface area contributed by atoms with Gasteiger partial charge in [-0.2, -0.15) is 5.10 Å². The molecule has 3 aromatic rings. The van der Waals surface area contributed by atoms with Crippen molar-refractivity contribution in [1.82, 2.24) is 34.9 Å². The summed E-state index contributed by atoms with van der Waals surface area (Å²) in [6, 6.07) is 2.06. The molecule has 1 saturated heterocycles. The largest absolute Gasteiger partial charge is 0.352 e. The average molecular weight is 398 g/mol. The fraction of sp³-hybridized carbons (Fsp3) is 0.500. The lowest BCUT2D eigenvalue weighted by atomic mass is 10.1. The van der Waals surface area contributed by atoms with Gasteiger partial charge in [-0.3, -0.25) is 0 Å². The van der Waals surface area contributed by atoms with Crippen LogP contribution in [0.25, 0.3) is 10.2 Å². The van der Waals surface area contributed by atoms with Crippen LogP contribution in [0.5, 0.6) is 0 Å². The molecule has 1 unspecified atom stereocenters. The lowest BCUT2D eigenvalue weighted by Crippen LogP contribution is -2.53. The number of carbonyl (C=O) groups is 1. The van der Waals surface area contributed by atoms with E-state index >= 15 is 0 Å². The number of nitrogens with one attached hydrogen (secondary N) is 1. The van der Waals surface area contributed by atoms with Crippen LogP contribution in [0.3, 0.4) is 0 Å². The molecule has 1 atom stereocenters. The fourth-order valence-electron chi connectivity index (χ4n) is 4.00. The van der Waals surface area contributed by atoms with E-state index in [1.54, 1.807) is 24.0 Å². The zero-order valence-electron chi connectivity index (χ0n) is 15.7. The molecule has 0 aliphatic carbocycles. The molecule has 5 heterocycles. The van der Waals surface area contributed by atoms with Crippen LogP contribution in [0.15, 0.2) is 18.7 Å². The highest BCUT2D eigenvalue weighted by Crippen LogP contribution is 2.30. The number of hydrogen-bond donors (Lipinski definition) is 1. The minimum Gasteiger partial charge on any atom is -0.352 e. The van der Waals surface area contributed by atoms with Crippen molar-refractivity contribution in [3.8, 4) is 0 Å². The number of urea groups is 1. The van der Waals surface area contributed by atoms with Crippen molar-refractivity contribution in [3.63, 3.8) is 0 Å². The zero-order chi connectivity index (χ0) is 19.1. The molecule has 0 bridgehead atoms. The van der Waals surface area contributed by atoms with E-state index in [-0.39, 0.29) is 12.1 Å². The standard InChI is InChI=1S/C18H22N8OS/c1-12-9-13-15(19-10-21-17(13)28-12)24-5-7-25(8-6-24)18(27)23-14-3-2-4-26-16(14)20-11-22-26/h9-11,14H,2-8H2,1H3,(H,23,27). The smallest absolute Gasteiger partial charge is 0.318 e. The van der Waals surface area contributed by atoms with Gasteiger partial charge in [0.25, 0.3) is 0 Å². The number of nitrogens with zero attached hydrogens (tertiary/aromatic N) is 7. The number of piperazine rings is 1. The molecule has 2 amide bonds. The van der Waals surface area contributed by atoms with Gasteiger partial charge < -0.3 is 15.1 Å². The molecule has 2 aliphatic rings. The second-order valence-corrected chi connectivity index (χ2v) is 8.47. The van der Waals surface area contributed by atoms with Crippen molar-refractivity contribution >= 4 is 33.4 Å². The third kappa shape index (κ3) is 3.07. The van der Waals surface area contributed by atoms with Crippen molar-refractivity contribution in [2.75, 3.05) is 31.1 Å². The molecule has 9 nitrogen and oxygen atoms in total. The molecule has 0 spiro atoms. The lowest BCUT2D eigenvalue weighted by molar-refractivity contribution is 0.186. The van der Waals surface area contributed by atoms with Gasteiger partial charge in [0.15, 0.2) is 0 Å². The van der Waals surface area contributed by atoms with E-state index in [0.717, 1.165) is 54.3 Å². The number of aryl methyl sites for hydroxylation is 2. The quantitative estimate of drug-likeness (QED) is 0.709. The number of carbonyl (C=O) groups excluding carboxylic acids is 1. The number of hydrogen-bond acceptors (Lipinski definition) is 7. The summed E-state index contributed by atoms with van der Waals surface area (Å²) in [4.78, 5) is 32.3. The van der Waals surface area contributed by atoms with Gasteiger partial charge in [0, 0.05) is 37.6 Å². The summed E-state index contributed by atoms with van der Waals surface area (Å²) in [6.07, 6.45) is 5.10. The van der Waals surface area contributed by atoms with Crippen LogP contribution in [0.1, 0.15) is 29.6 Å². The Morgan fingerprint density at radius 1 is 1.14 bits per heavy atom. The van der Waals surface area contributed by atoms with Crippen LogP contribution in [0.2, 0.25) is 0 Å². The predicted octanol–water partition coefficient (Wildman–Crippen LogP) is 1.96. The first kappa shape index (κ1) is 17.4. The van der Waals surface area contributed by atoms with Crippen LogP contribution < -0.4 is 10.2 Å². The van der Waals surface area contributed by atoms with Crippen LogP contribution in [0, 0.1) is 6.92 Å². The molecule has 146 valence electrons. The molecule has 0 aromatic carbocycles. The Labute approximate surface area is 166 Å². The van der Waals surface area contributed by atoms with Gasteiger partial charge in [-0.25, -0.2) is 24.4 Å². The molecule has 2 aliphatic heterocycles. The van der Waals surface area contributed by atoms with E-state index in [9.17, 15) is 4.79 Å². The van der Waals surface area contributed by atoms with Gasteiger partial charge in [0.05, 0.1) is 11.4 Å². The Hall–Kier alpha value is -2.75. The molecule has 1 fully saturated rings. The highest BCUT2D eigenvalue weighted by molar-refractivity contribution is 7.18. The number of thiophene rings is 1. The molecule has 5 rings (SSSR count). The first-order valence-corrected chi connectivity index (χ1v) is 10.4. The molecular formula is C18H22N8OS. The van der Waals surface area contributed by atoms with E-state index in [4.69, 9.17) is 0 Å². The molecule has 1 N–H and O–H groups in total. The third-order valence-corrected chi connectivity index (χ3v) is 6.37. The van der Waals surface area contributed by atoms with Gasteiger partial charge in [0.1, 0.15) is 29.1 Å². The Morgan fingerprint density at radius 3 is 2.86 bits per heavy atom. The van der Waals surface area contributed by atoms with Gasteiger partial charge in [-0.05, 0) is 25.8 Å². The zero-order valence-corrected chi connectivity index (χ0v) is 16.5. The monoisotopic (exact) mass is 398 g/mol. The van der Waals surface area contributed by atoms with E-state index in [2.05, 4.69) is 43.3 Å². The first-order chi connectivity index (χ1) is 13.7. The Bertz CT molecular complexity index is 1010. The third-order valence-electron chi connectivity index (χ3n) is 5.42. The summed E-state index contributed by atoms with van der Waals surface area (Å²) >= 11 is 1.69. The molecule has 0 saturated carbocycles. The average Bonchev–Trinajstić information content (AvgIpc) is 3.34. The van der Waals surface area contributed by atoms with Gasteiger partial charge in [0.2, 0.25) is 0 Å². The summed E-state index contributed by atoms with van der Waals surface area (Å²) in [5.74, 6) is 1.82. The minimum absolute atomic E-state index is 0.0275. The maximum Gasteiger partial charge on any atom is 0.318 e. The second kappa shape index (κ2) is 7.01. The van der Waals surface area contributed by atoms with Crippen LogP contribution in [-0.2, 0) is 6.54 Å². The number of fused-ring (bicyclic) bond motifs is 2. The van der Waals surface area contributed by atoms with Gasteiger partial charge >= 0.3 is 6.03 Å². The summed E-state index contributed by atoms with van der Waals surface area (Å²) in [7, 11) is 0. The predicted molar refractivity (Wildman–Crippen MR) is 106 cm³/mol.